The first-order chi connectivity index (χ1) is 9.63. The molecular weight excluding hydrogens is 315 g/mol. The number of benzene rings is 1. The maximum Gasteiger partial charge on any atom is 0.460 e. The van der Waals surface area contributed by atoms with Crippen LogP contribution in [0.25, 0.3) is 0 Å². The van der Waals surface area contributed by atoms with Crippen LogP contribution in [0, 0.1) is 0 Å². The Bertz CT molecular complexity index is 613. The molecule has 0 radical (unpaired) electrons. The average Bonchev–Trinajstić information content (AvgIpc) is 2.39. The molecule has 120 valence electrons. The fourth-order valence-corrected chi connectivity index (χ4v) is 3.47. The van der Waals surface area contributed by atoms with E-state index in [1.54, 1.807) is 21.0 Å². The zero-order chi connectivity index (χ0) is 16.3. The van der Waals surface area contributed by atoms with Crippen molar-refractivity contribution in [2.75, 3.05) is 34.8 Å². The number of sulfonamides is 1. The van der Waals surface area contributed by atoms with Crippen LogP contribution in [0.5, 0.6) is 5.75 Å². The molecule has 21 heavy (non-hydrogen) atoms. The van der Waals surface area contributed by atoms with Gasteiger partial charge in [0.2, 0.25) is 10.0 Å². The molecular formula is C12H21N2O5PS. The summed E-state index contributed by atoms with van der Waals surface area (Å²) < 4.78 is 49.3. The van der Waals surface area contributed by atoms with Crippen molar-refractivity contribution < 1.29 is 22.0 Å². The molecule has 0 aliphatic heterocycles. The van der Waals surface area contributed by atoms with Gasteiger partial charge in [-0.2, -0.15) is 0 Å². The molecule has 0 saturated carbocycles. The molecule has 0 bridgehead atoms. The summed E-state index contributed by atoms with van der Waals surface area (Å²) in [6.07, 6.45) is 0. The summed E-state index contributed by atoms with van der Waals surface area (Å²) in [5, 5.41) is 0. The molecule has 0 amide bonds. The third-order valence-corrected chi connectivity index (χ3v) is 6.44. The molecule has 0 spiro atoms. The lowest BCUT2D eigenvalue weighted by Crippen LogP contribution is -2.22. The van der Waals surface area contributed by atoms with E-state index in [2.05, 4.69) is 0 Å². The number of hydrogen-bond donors (Lipinski definition) is 0. The standard InChI is InChI=1S/C12H21N2O5PS/c1-6-18-20(15,13(2)3)19-11-7-9-12(10-8-11)21(16,17)14(4)5/h7-10H,6H2,1-5H3. The first kappa shape index (κ1) is 18.1. The van der Waals surface area contributed by atoms with Gasteiger partial charge in [0.15, 0.2) is 0 Å². The Morgan fingerprint density at radius 3 is 2.00 bits per heavy atom. The van der Waals surface area contributed by atoms with Gasteiger partial charge in [0.05, 0.1) is 11.5 Å². The maximum atomic E-state index is 12.4. The highest BCUT2D eigenvalue weighted by molar-refractivity contribution is 7.89. The van der Waals surface area contributed by atoms with Crippen LogP contribution in [0.2, 0.25) is 0 Å². The molecule has 1 unspecified atom stereocenters. The van der Waals surface area contributed by atoms with Gasteiger partial charge < -0.3 is 4.52 Å². The molecule has 0 saturated heterocycles. The van der Waals surface area contributed by atoms with Gasteiger partial charge in [-0.05, 0) is 45.3 Å². The van der Waals surface area contributed by atoms with E-state index >= 15 is 0 Å². The summed E-state index contributed by atoms with van der Waals surface area (Å²) >= 11 is 0. The van der Waals surface area contributed by atoms with Crippen LogP contribution in [0.15, 0.2) is 29.2 Å². The van der Waals surface area contributed by atoms with Crippen molar-refractivity contribution in [2.24, 2.45) is 0 Å². The van der Waals surface area contributed by atoms with Crippen LogP contribution in [0.4, 0.5) is 0 Å². The quantitative estimate of drug-likeness (QED) is 0.709. The lowest BCUT2D eigenvalue weighted by Gasteiger charge is -2.23. The second-order valence-electron chi connectivity index (χ2n) is 4.58. The first-order valence-electron chi connectivity index (χ1n) is 6.28. The Balaban J connectivity index is 3.01. The maximum absolute atomic E-state index is 12.4. The van der Waals surface area contributed by atoms with E-state index in [0.717, 1.165) is 4.31 Å². The normalized spacial score (nSPS) is 15.2. The fraction of sp³-hybridized carbons (Fsp3) is 0.500. The summed E-state index contributed by atoms with van der Waals surface area (Å²) in [5.41, 5.74) is 0. The zero-order valence-electron chi connectivity index (χ0n) is 12.8. The van der Waals surface area contributed by atoms with Crippen molar-refractivity contribution in [2.45, 2.75) is 11.8 Å². The minimum atomic E-state index is -3.50. The Kier molecular flexibility index (Phi) is 5.95. The predicted octanol–water partition coefficient (Wildman–Crippen LogP) is 2.02. The molecule has 0 fully saturated rings. The molecule has 0 aromatic heterocycles. The highest BCUT2D eigenvalue weighted by Gasteiger charge is 2.29. The summed E-state index contributed by atoms with van der Waals surface area (Å²) in [4.78, 5) is 0.135. The number of hydrogen-bond acceptors (Lipinski definition) is 5. The molecule has 7 nitrogen and oxygen atoms in total. The Morgan fingerprint density at radius 2 is 1.62 bits per heavy atom. The third-order valence-electron chi connectivity index (χ3n) is 2.61. The van der Waals surface area contributed by atoms with Crippen molar-refractivity contribution in [3.8, 4) is 5.75 Å². The van der Waals surface area contributed by atoms with Crippen LogP contribution < -0.4 is 4.52 Å². The van der Waals surface area contributed by atoms with Gasteiger partial charge in [-0.15, -0.1) is 0 Å². The summed E-state index contributed by atoms with van der Waals surface area (Å²) in [6, 6.07) is 5.70. The molecule has 1 atom stereocenters. The SMILES string of the molecule is CCOP(=O)(Oc1ccc(S(=O)(=O)N(C)C)cc1)N(C)C. The Hall–Kier alpha value is -0.920. The molecule has 1 rings (SSSR count). The highest BCUT2D eigenvalue weighted by atomic mass is 32.2. The highest BCUT2D eigenvalue weighted by Crippen LogP contribution is 2.49. The van der Waals surface area contributed by atoms with E-state index in [9.17, 15) is 13.0 Å². The Labute approximate surface area is 126 Å². The molecule has 1 aromatic carbocycles. The van der Waals surface area contributed by atoms with Gasteiger partial charge in [0.1, 0.15) is 5.75 Å². The molecule has 0 aliphatic rings. The Morgan fingerprint density at radius 1 is 1.10 bits per heavy atom. The number of nitrogens with zero attached hydrogens (tertiary/aromatic N) is 2. The average molecular weight is 336 g/mol. The van der Waals surface area contributed by atoms with Gasteiger partial charge in [-0.1, -0.05) is 0 Å². The largest absolute Gasteiger partial charge is 0.460 e. The zero-order valence-corrected chi connectivity index (χ0v) is 14.5. The van der Waals surface area contributed by atoms with E-state index in [1.165, 1.54) is 43.0 Å². The second kappa shape index (κ2) is 6.89. The molecule has 0 heterocycles. The lowest BCUT2D eigenvalue weighted by atomic mass is 10.3. The smallest absolute Gasteiger partial charge is 0.413 e. The number of rotatable bonds is 7. The van der Waals surface area contributed by atoms with Gasteiger partial charge in [-0.25, -0.2) is 22.0 Å². The topological polar surface area (TPSA) is 76.1 Å². The molecule has 0 N–H and O–H groups in total. The van der Waals surface area contributed by atoms with Crippen molar-refractivity contribution in [3.05, 3.63) is 24.3 Å². The summed E-state index contributed by atoms with van der Waals surface area (Å²) in [6.45, 7) is 1.95. The second-order valence-corrected chi connectivity index (χ2v) is 8.91. The van der Waals surface area contributed by atoms with E-state index < -0.39 is 17.8 Å². The van der Waals surface area contributed by atoms with Gasteiger partial charge in [-0.3, -0.25) is 4.52 Å². The lowest BCUT2D eigenvalue weighted by molar-refractivity contribution is 0.239. The van der Waals surface area contributed by atoms with Gasteiger partial charge in [0.25, 0.3) is 0 Å². The molecule has 9 heteroatoms. The van der Waals surface area contributed by atoms with Crippen molar-refractivity contribution in [1.82, 2.24) is 8.98 Å². The first-order valence-corrected chi connectivity index (χ1v) is 9.21. The predicted molar refractivity (Wildman–Crippen MR) is 80.9 cm³/mol. The summed E-state index contributed by atoms with van der Waals surface area (Å²) in [7, 11) is -0.835. The van der Waals surface area contributed by atoms with E-state index in [1.807, 2.05) is 0 Å². The van der Waals surface area contributed by atoms with E-state index in [4.69, 9.17) is 9.05 Å². The molecule has 0 aliphatic carbocycles. The van der Waals surface area contributed by atoms with Gasteiger partial charge >= 0.3 is 7.75 Å². The van der Waals surface area contributed by atoms with Crippen LogP contribution in [0.3, 0.4) is 0 Å². The monoisotopic (exact) mass is 336 g/mol. The van der Waals surface area contributed by atoms with Crippen LogP contribution >= 0.6 is 7.75 Å². The van der Waals surface area contributed by atoms with Crippen LogP contribution in [0.1, 0.15) is 6.92 Å². The van der Waals surface area contributed by atoms with Crippen molar-refractivity contribution >= 4 is 17.8 Å². The van der Waals surface area contributed by atoms with Gasteiger partial charge in [0, 0.05) is 14.1 Å². The summed E-state index contributed by atoms with van der Waals surface area (Å²) in [5.74, 6) is 0.276. The minimum Gasteiger partial charge on any atom is -0.413 e. The van der Waals surface area contributed by atoms with E-state index in [0.29, 0.717) is 0 Å². The van der Waals surface area contributed by atoms with E-state index in [-0.39, 0.29) is 17.3 Å². The fourth-order valence-electron chi connectivity index (χ4n) is 1.40. The molecule has 1 aromatic rings. The third kappa shape index (κ3) is 4.28. The van der Waals surface area contributed by atoms with Crippen LogP contribution in [-0.2, 0) is 19.1 Å². The minimum absolute atomic E-state index is 0.135. The van der Waals surface area contributed by atoms with Crippen LogP contribution in [-0.4, -0.2) is 52.2 Å². The van der Waals surface area contributed by atoms with Crippen molar-refractivity contribution in [1.29, 1.82) is 0 Å². The van der Waals surface area contributed by atoms with Crippen molar-refractivity contribution in [3.63, 3.8) is 0 Å².